The number of fused-ring (bicyclic) bond motifs is 5. The van der Waals surface area contributed by atoms with Crippen LogP contribution in [0.15, 0.2) is 224 Å². The van der Waals surface area contributed by atoms with Gasteiger partial charge in [0.2, 0.25) is 0 Å². The molecule has 56 heavy (non-hydrogen) atoms. The molecule has 0 saturated carbocycles. The van der Waals surface area contributed by atoms with Crippen molar-refractivity contribution in [1.29, 1.82) is 0 Å². The van der Waals surface area contributed by atoms with Gasteiger partial charge >= 0.3 is 0 Å². The van der Waals surface area contributed by atoms with Crippen LogP contribution < -0.4 is 9.64 Å². The Hall–Kier alpha value is -7.42. The smallest absolute Gasteiger partial charge is 0.143 e. The lowest BCUT2D eigenvalue weighted by Gasteiger charge is -2.27. The molecule has 9 aromatic rings. The molecule has 1 heterocycles. The van der Waals surface area contributed by atoms with Crippen LogP contribution in [0.1, 0.15) is 0 Å². The summed E-state index contributed by atoms with van der Waals surface area (Å²) in [5.74, 6) is 1.68. The molecule has 0 amide bonds. The molecule has 0 N–H and O–H groups in total. The van der Waals surface area contributed by atoms with E-state index in [-0.39, 0.29) is 0 Å². The number of para-hydroxylation sites is 1. The molecule has 0 saturated heterocycles. The third-order valence-corrected chi connectivity index (χ3v) is 10.7. The van der Waals surface area contributed by atoms with E-state index in [0.29, 0.717) is 0 Å². The Morgan fingerprint density at radius 2 is 0.625 bits per heavy atom. The minimum Gasteiger partial charge on any atom is -0.455 e. The molecule has 0 spiro atoms. The first kappa shape index (κ1) is 33.2. The number of benzene rings is 9. The first-order valence-corrected chi connectivity index (χ1v) is 19.1. The van der Waals surface area contributed by atoms with E-state index in [0.717, 1.165) is 61.9 Å². The third-order valence-electron chi connectivity index (χ3n) is 10.7. The van der Waals surface area contributed by atoms with E-state index < -0.39 is 0 Å². The zero-order chi connectivity index (χ0) is 37.3. The molecule has 1 aliphatic heterocycles. The minimum atomic E-state index is 0.818. The highest BCUT2D eigenvalue weighted by Gasteiger charge is 2.25. The highest BCUT2D eigenvalue weighted by molar-refractivity contribution is 5.95. The SMILES string of the molecule is c1ccc(-c2ccc(-c3ccc(N(c4ccc(-c5ccccc5)cc4)c4ccc5c(c4)Oc4c(-c6ccccc6)cccc4-c4ccccc4-5)cc3)cc2)cc1. The lowest BCUT2D eigenvalue weighted by Crippen LogP contribution is -2.10. The van der Waals surface area contributed by atoms with Gasteiger partial charge in [0.15, 0.2) is 0 Å². The Bertz CT molecular complexity index is 2780. The van der Waals surface area contributed by atoms with Gasteiger partial charge in [0, 0.05) is 39.8 Å². The van der Waals surface area contributed by atoms with Gasteiger partial charge in [-0.25, -0.2) is 0 Å². The number of hydrogen-bond acceptors (Lipinski definition) is 2. The van der Waals surface area contributed by atoms with Crippen molar-refractivity contribution in [2.75, 3.05) is 4.90 Å². The van der Waals surface area contributed by atoms with E-state index in [2.05, 4.69) is 229 Å². The molecule has 0 aliphatic carbocycles. The molecule has 1 aliphatic rings. The average molecular weight is 716 g/mol. The van der Waals surface area contributed by atoms with Gasteiger partial charge in [-0.15, -0.1) is 0 Å². The monoisotopic (exact) mass is 715 g/mol. The highest BCUT2D eigenvalue weighted by atomic mass is 16.5. The van der Waals surface area contributed by atoms with Crippen LogP contribution in [0.25, 0.3) is 66.8 Å². The molecule has 0 bridgehead atoms. The van der Waals surface area contributed by atoms with Crippen molar-refractivity contribution < 1.29 is 4.74 Å². The van der Waals surface area contributed by atoms with Crippen molar-refractivity contribution in [3.05, 3.63) is 224 Å². The zero-order valence-corrected chi connectivity index (χ0v) is 30.7. The molecule has 0 unspecified atom stereocenters. The van der Waals surface area contributed by atoms with Gasteiger partial charge in [-0.2, -0.15) is 0 Å². The summed E-state index contributed by atoms with van der Waals surface area (Å²) in [5.41, 5.74) is 16.9. The van der Waals surface area contributed by atoms with E-state index in [9.17, 15) is 0 Å². The van der Waals surface area contributed by atoms with Crippen LogP contribution >= 0.6 is 0 Å². The van der Waals surface area contributed by atoms with Crippen molar-refractivity contribution in [2.24, 2.45) is 0 Å². The second kappa shape index (κ2) is 14.4. The fraction of sp³-hybridized carbons (Fsp3) is 0. The van der Waals surface area contributed by atoms with Crippen LogP contribution in [0.2, 0.25) is 0 Å². The van der Waals surface area contributed by atoms with E-state index in [4.69, 9.17) is 4.74 Å². The summed E-state index contributed by atoms with van der Waals surface area (Å²) < 4.78 is 7.10. The van der Waals surface area contributed by atoms with Crippen molar-refractivity contribution in [3.63, 3.8) is 0 Å². The third kappa shape index (κ3) is 6.24. The Morgan fingerprint density at radius 3 is 1.14 bits per heavy atom. The van der Waals surface area contributed by atoms with Crippen LogP contribution in [0.3, 0.4) is 0 Å². The lowest BCUT2D eigenvalue weighted by molar-refractivity contribution is 0.489. The van der Waals surface area contributed by atoms with Gasteiger partial charge in [0.25, 0.3) is 0 Å². The summed E-state index contributed by atoms with van der Waals surface area (Å²) in [5, 5.41) is 0. The zero-order valence-electron chi connectivity index (χ0n) is 30.7. The Balaban J connectivity index is 1.08. The van der Waals surface area contributed by atoms with Crippen LogP contribution in [-0.4, -0.2) is 0 Å². The predicted molar refractivity (Wildman–Crippen MR) is 234 cm³/mol. The van der Waals surface area contributed by atoms with E-state index in [1.165, 1.54) is 33.4 Å². The number of rotatable bonds is 7. The molecular weight excluding hydrogens is 679 g/mol. The topological polar surface area (TPSA) is 12.5 Å². The molecule has 0 radical (unpaired) electrons. The van der Waals surface area contributed by atoms with Crippen LogP contribution in [0.4, 0.5) is 17.1 Å². The van der Waals surface area contributed by atoms with Crippen LogP contribution in [-0.2, 0) is 0 Å². The first-order valence-electron chi connectivity index (χ1n) is 19.1. The number of anilines is 3. The second-order valence-corrected chi connectivity index (χ2v) is 14.1. The Morgan fingerprint density at radius 1 is 0.250 bits per heavy atom. The van der Waals surface area contributed by atoms with Crippen molar-refractivity contribution in [2.45, 2.75) is 0 Å². The highest BCUT2D eigenvalue weighted by Crippen LogP contribution is 2.51. The molecule has 10 rings (SSSR count). The predicted octanol–water partition coefficient (Wildman–Crippen LogP) is 15.3. The summed E-state index contributed by atoms with van der Waals surface area (Å²) in [6.07, 6.45) is 0. The summed E-state index contributed by atoms with van der Waals surface area (Å²) >= 11 is 0. The largest absolute Gasteiger partial charge is 0.455 e. The standard InChI is InChI=1S/C54H37NO/c1-4-13-38(14-5-1)40-23-25-41(26-24-40)43-29-33-46(34-30-43)55(45-31-27-42(28-32-45)39-15-6-2-7-16-39)47-35-36-51-49-19-10-11-20-50(49)52-22-12-21-48(44-17-8-3-9-18-44)54(52)56-53(51)37-47/h1-37H. The molecule has 0 fully saturated rings. The summed E-state index contributed by atoms with van der Waals surface area (Å²) in [6, 6.07) is 79.8. The van der Waals surface area contributed by atoms with Crippen molar-refractivity contribution in [1.82, 2.24) is 0 Å². The van der Waals surface area contributed by atoms with Gasteiger partial charge in [0.05, 0.1) is 0 Å². The van der Waals surface area contributed by atoms with Gasteiger partial charge < -0.3 is 9.64 Å². The van der Waals surface area contributed by atoms with E-state index >= 15 is 0 Å². The summed E-state index contributed by atoms with van der Waals surface area (Å²) in [7, 11) is 0. The number of nitrogens with zero attached hydrogens (tertiary/aromatic N) is 1. The molecule has 264 valence electrons. The Kier molecular flexibility index (Phi) is 8.55. The van der Waals surface area contributed by atoms with Crippen molar-refractivity contribution >= 4 is 17.1 Å². The minimum absolute atomic E-state index is 0.818. The quantitative estimate of drug-likeness (QED) is 0.163. The molecular formula is C54H37NO. The first-order chi connectivity index (χ1) is 27.8. The molecule has 9 aromatic carbocycles. The molecule has 0 aromatic heterocycles. The normalized spacial score (nSPS) is 11.4. The van der Waals surface area contributed by atoms with Gasteiger partial charge in [0.1, 0.15) is 11.5 Å². The fourth-order valence-electron chi connectivity index (χ4n) is 7.89. The average Bonchev–Trinajstić information content (AvgIpc) is 3.42. The molecule has 2 heteroatoms. The van der Waals surface area contributed by atoms with Crippen LogP contribution in [0, 0.1) is 0 Å². The maximum Gasteiger partial charge on any atom is 0.143 e. The maximum absolute atomic E-state index is 7.10. The number of hydrogen-bond donors (Lipinski definition) is 0. The maximum atomic E-state index is 7.10. The fourth-order valence-corrected chi connectivity index (χ4v) is 7.89. The summed E-state index contributed by atoms with van der Waals surface area (Å²) in [6.45, 7) is 0. The van der Waals surface area contributed by atoms with Gasteiger partial charge in [-0.05, 0) is 86.5 Å². The molecule has 0 atom stereocenters. The van der Waals surface area contributed by atoms with Crippen LogP contribution in [0.5, 0.6) is 11.5 Å². The van der Waals surface area contributed by atoms with Crippen molar-refractivity contribution in [3.8, 4) is 78.3 Å². The van der Waals surface area contributed by atoms with Gasteiger partial charge in [-0.3, -0.25) is 0 Å². The summed E-state index contributed by atoms with van der Waals surface area (Å²) in [4.78, 5) is 2.32. The van der Waals surface area contributed by atoms with E-state index in [1.54, 1.807) is 0 Å². The van der Waals surface area contributed by atoms with E-state index in [1.807, 2.05) is 0 Å². The number of ether oxygens (including phenoxy) is 1. The molecule has 2 nitrogen and oxygen atoms in total. The van der Waals surface area contributed by atoms with Gasteiger partial charge in [-0.1, -0.05) is 182 Å². The Labute approximate surface area is 328 Å². The lowest BCUT2D eigenvalue weighted by atomic mass is 9.92. The second-order valence-electron chi connectivity index (χ2n) is 14.1.